The van der Waals surface area contributed by atoms with Gasteiger partial charge in [0.2, 0.25) is 0 Å². The molecule has 2 N–H and O–H groups in total. The number of hydroxylamine groups is 1. The molecule has 0 spiro atoms. The summed E-state index contributed by atoms with van der Waals surface area (Å²) in [6, 6.07) is 7.54. The normalized spacial score (nSPS) is 19.5. The van der Waals surface area contributed by atoms with Crippen molar-refractivity contribution in [2.75, 3.05) is 6.61 Å². The molecule has 1 aliphatic rings. The van der Waals surface area contributed by atoms with Gasteiger partial charge >= 0.3 is 7.12 Å². The summed E-state index contributed by atoms with van der Waals surface area (Å²) in [4.78, 5) is 0. The molecule has 23 heavy (non-hydrogen) atoms. The number of nitrogens with one attached hydrogen (secondary N) is 1. The van der Waals surface area contributed by atoms with Crippen LogP contribution < -0.4 is 15.7 Å². The number of hydrogen-bond donors (Lipinski definition) is 2. The monoisotopic (exact) mass is 317 g/mol. The fourth-order valence-electron chi connectivity index (χ4n) is 2.12. The van der Waals surface area contributed by atoms with Crippen LogP contribution in [0.5, 0.6) is 5.75 Å². The van der Waals surface area contributed by atoms with Gasteiger partial charge in [-0.15, -0.1) is 0 Å². The van der Waals surface area contributed by atoms with Crippen LogP contribution in [0.2, 0.25) is 0 Å². The van der Waals surface area contributed by atoms with E-state index in [1.165, 1.54) is 0 Å². The summed E-state index contributed by atoms with van der Waals surface area (Å²) in [6.07, 6.45) is 3.21. The maximum atomic E-state index is 8.94. The molecule has 0 unspecified atom stereocenters. The van der Waals surface area contributed by atoms with E-state index in [1.807, 2.05) is 52.0 Å². The Balaban J connectivity index is 2.01. The zero-order valence-corrected chi connectivity index (χ0v) is 14.1. The lowest BCUT2D eigenvalue weighted by Crippen LogP contribution is -2.41. The van der Waals surface area contributed by atoms with Gasteiger partial charge in [-0.1, -0.05) is 24.8 Å². The van der Waals surface area contributed by atoms with Crippen LogP contribution in [0.25, 0.3) is 0 Å². The number of ether oxygens (including phenoxy) is 1. The Hall–Kier alpha value is -1.76. The van der Waals surface area contributed by atoms with Crippen molar-refractivity contribution in [1.29, 1.82) is 0 Å². The standard InChI is InChI=1S/C17H24BNO4/c1-6-7-14(19-20)12-21-15-10-8-13(9-11-15)18-22-16(2,3)17(4,5)23-18/h6-11,19-20H,1,12H2,2-5H3/b14-7-. The minimum atomic E-state index is -0.385. The van der Waals surface area contributed by atoms with E-state index in [-0.39, 0.29) is 24.9 Å². The van der Waals surface area contributed by atoms with Gasteiger partial charge < -0.3 is 14.0 Å². The first-order chi connectivity index (χ1) is 10.8. The van der Waals surface area contributed by atoms with Crippen LogP contribution in [0.4, 0.5) is 0 Å². The first-order valence-electron chi connectivity index (χ1n) is 7.59. The van der Waals surface area contributed by atoms with E-state index in [1.54, 1.807) is 12.2 Å². The third-order valence-corrected chi connectivity index (χ3v) is 4.26. The van der Waals surface area contributed by atoms with Crippen LogP contribution in [0.15, 0.2) is 48.7 Å². The molecule has 1 aromatic carbocycles. The van der Waals surface area contributed by atoms with Gasteiger partial charge in [-0.2, -0.15) is 0 Å². The third-order valence-electron chi connectivity index (χ3n) is 4.26. The van der Waals surface area contributed by atoms with Crippen LogP contribution >= 0.6 is 0 Å². The number of hydrogen-bond acceptors (Lipinski definition) is 5. The second-order valence-corrected chi connectivity index (χ2v) is 6.49. The SMILES string of the molecule is C=C/C=C(/COc1ccc(B2OC(C)(C)C(C)(C)O2)cc1)NO. The van der Waals surface area contributed by atoms with Gasteiger partial charge in [-0.25, -0.2) is 0 Å². The lowest BCUT2D eigenvalue weighted by atomic mass is 9.79. The van der Waals surface area contributed by atoms with Gasteiger partial charge in [0.1, 0.15) is 12.4 Å². The first kappa shape index (κ1) is 17.6. The van der Waals surface area contributed by atoms with Gasteiger partial charge in [0.05, 0.1) is 16.9 Å². The van der Waals surface area contributed by atoms with Crippen molar-refractivity contribution in [3.63, 3.8) is 0 Å². The van der Waals surface area contributed by atoms with Crippen LogP contribution in [0.3, 0.4) is 0 Å². The summed E-state index contributed by atoms with van der Waals surface area (Å²) >= 11 is 0. The molecule has 1 heterocycles. The summed E-state index contributed by atoms with van der Waals surface area (Å²) in [5, 5.41) is 8.94. The number of rotatable bonds is 6. The Bertz CT molecular complexity index is 565. The summed E-state index contributed by atoms with van der Waals surface area (Å²) in [7, 11) is -0.385. The highest BCUT2D eigenvalue weighted by Gasteiger charge is 2.51. The van der Waals surface area contributed by atoms with Crippen molar-refractivity contribution in [2.24, 2.45) is 0 Å². The Morgan fingerprint density at radius 1 is 1.22 bits per heavy atom. The number of allylic oxidation sites excluding steroid dienone is 2. The van der Waals surface area contributed by atoms with Gasteiger partial charge in [-0.3, -0.25) is 10.7 Å². The summed E-state index contributed by atoms with van der Waals surface area (Å²) < 4.78 is 17.6. The van der Waals surface area contributed by atoms with Crippen molar-refractivity contribution in [1.82, 2.24) is 5.48 Å². The van der Waals surface area contributed by atoms with E-state index in [2.05, 4.69) is 12.1 Å². The van der Waals surface area contributed by atoms with E-state index < -0.39 is 0 Å². The van der Waals surface area contributed by atoms with Crippen molar-refractivity contribution >= 4 is 12.6 Å². The topological polar surface area (TPSA) is 60.0 Å². The average molecular weight is 317 g/mol. The molecule has 1 aliphatic heterocycles. The van der Waals surface area contributed by atoms with Crippen molar-refractivity contribution < 1.29 is 19.3 Å². The van der Waals surface area contributed by atoms with Gasteiger partial charge in [0.15, 0.2) is 0 Å². The van der Waals surface area contributed by atoms with Crippen molar-refractivity contribution in [3.8, 4) is 5.75 Å². The van der Waals surface area contributed by atoms with Crippen LogP contribution in [-0.2, 0) is 9.31 Å². The molecule has 0 atom stereocenters. The molecule has 124 valence electrons. The molecular weight excluding hydrogens is 293 g/mol. The third kappa shape index (κ3) is 3.96. The van der Waals surface area contributed by atoms with E-state index in [9.17, 15) is 0 Å². The average Bonchev–Trinajstić information content (AvgIpc) is 2.72. The minimum absolute atomic E-state index is 0.221. The Morgan fingerprint density at radius 2 is 1.78 bits per heavy atom. The highest BCUT2D eigenvalue weighted by atomic mass is 16.7. The summed E-state index contributed by atoms with van der Waals surface area (Å²) in [5.74, 6) is 0.690. The molecular formula is C17H24BNO4. The molecule has 0 amide bonds. The fraction of sp³-hybridized carbons (Fsp3) is 0.412. The van der Waals surface area contributed by atoms with Crippen LogP contribution in [-0.4, -0.2) is 30.1 Å². The van der Waals surface area contributed by atoms with Crippen molar-refractivity contribution in [2.45, 2.75) is 38.9 Å². The maximum Gasteiger partial charge on any atom is 0.494 e. The highest BCUT2D eigenvalue weighted by molar-refractivity contribution is 6.62. The quantitative estimate of drug-likeness (QED) is 0.479. The summed E-state index contributed by atoms with van der Waals surface area (Å²) in [5.41, 5.74) is 2.82. The zero-order valence-electron chi connectivity index (χ0n) is 14.1. The molecule has 0 aromatic heterocycles. The molecule has 6 heteroatoms. The minimum Gasteiger partial charge on any atom is -0.487 e. The molecule has 1 aromatic rings. The lowest BCUT2D eigenvalue weighted by Gasteiger charge is -2.32. The number of benzene rings is 1. The highest BCUT2D eigenvalue weighted by Crippen LogP contribution is 2.36. The van der Waals surface area contributed by atoms with Gasteiger partial charge in [0, 0.05) is 0 Å². The molecule has 0 saturated carbocycles. The second kappa shape index (κ2) is 6.78. The Morgan fingerprint density at radius 3 is 2.26 bits per heavy atom. The fourth-order valence-corrected chi connectivity index (χ4v) is 2.12. The van der Waals surface area contributed by atoms with Gasteiger partial charge in [0.25, 0.3) is 0 Å². The van der Waals surface area contributed by atoms with Crippen molar-refractivity contribution in [3.05, 3.63) is 48.7 Å². The smallest absolute Gasteiger partial charge is 0.487 e. The second-order valence-electron chi connectivity index (χ2n) is 6.49. The van der Waals surface area contributed by atoms with Gasteiger partial charge in [-0.05, 0) is 51.4 Å². The molecule has 2 rings (SSSR count). The van der Waals surface area contributed by atoms with E-state index in [0.29, 0.717) is 11.4 Å². The Kier molecular flexibility index (Phi) is 5.19. The predicted octanol–water partition coefficient (Wildman–Crippen LogP) is 2.41. The predicted molar refractivity (Wildman–Crippen MR) is 90.9 cm³/mol. The largest absolute Gasteiger partial charge is 0.494 e. The molecule has 5 nitrogen and oxygen atoms in total. The first-order valence-corrected chi connectivity index (χ1v) is 7.59. The molecule has 0 radical (unpaired) electrons. The molecule has 1 fully saturated rings. The van der Waals surface area contributed by atoms with Crippen LogP contribution in [0, 0.1) is 0 Å². The van der Waals surface area contributed by atoms with E-state index >= 15 is 0 Å². The molecule has 0 bridgehead atoms. The maximum absolute atomic E-state index is 8.94. The Labute approximate surface area is 138 Å². The molecule has 1 saturated heterocycles. The van der Waals surface area contributed by atoms with E-state index in [4.69, 9.17) is 19.3 Å². The summed E-state index contributed by atoms with van der Waals surface area (Å²) in [6.45, 7) is 11.9. The zero-order chi connectivity index (χ0) is 17.1. The van der Waals surface area contributed by atoms with E-state index in [0.717, 1.165) is 5.46 Å². The lowest BCUT2D eigenvalue weighted by molar-refractivity contribution is 0.00578. The molecule has 0 aliphatic carbocycles. The van der Waals surface area contributed by atoms with Crippen LogP contribution in [0.1, 0.15) is 27.7 Å².